The molecule has 0 aromatic carbocycles. The Labute approximate surface area is 124 Å². The van der Waals surface area contributed by atoms with E-state index < -0.39 is 17.4 Å². The third kappa shape index (κ3) is 2.32. The molecule has 0 bridgehead atoms. The van der Waals surface area contributed by atoms with Crippen molar-refractivity contribution >= 4 is 28.5 Å². The van der Waals surface area contributed by atoms with Crippen molar-refractivity contribution in [3.8, 4) is 0 Å². The lowest BCUT2D eigenvalue weighted by Gasteiger charge is -2.45. The number of thioether (sulfide) groups is 1. The fourth-order valence-corrected chi connectivity index (χ4v) is 2.88. The summed E-state index contributed by atoms with van der Waals surface area (Å²) in [5.41, 5.74) is -0.532. The first kappa shape index (κ1) is 14.4. The zero-order valence-electron chi connectivity index (χ0n) is 11.8. The van der Waals surface area contributed by atoms with Crippen molar-refractivity contribution in [2.45, 2.75) is 24.6 Å². The van der Waals surface area contributed by atoms with Crippen molar-refractivity contribution in [2.24, 2.45) is 0 Å². The Morgan fingerprint density at radius 1 is 1.24 bits per heavy atom. The predicted molar refractivity (Wildman–Crippen MR) is 76.6 cm³/mol. The second kappa shape index (κ2) is 4.74. The van der Waals surface area contributed by atoms with Gasteiger partial charge in [0.1, 0.15) is 11.3 Å². The smallest absolute Gasteiger partial charge is 0.251 e. The molecule has 0 radical (unpaired) electrons. The first-order valence-corrected chi connectivity index (χ1v) is 7.59. The van der Waals surface area contributed by atoms with Crippen LogP contribution in [-0.4, -0.2) is 45.0 Å². The van der Waals surface area contributed by atoms with E-state index in [1.807, 2.05) is 4.90 Å². The van der Waals surface area contributed by atoms with E-state index in [1.54, 1.807) is 20.1 Å². The third-order valence-electron chi connectivity index (χ3n) is 3.43. The van der Waals surface area contributed by atoms with Gasteiger partial charge in [0, 0.05) is 13.1 Å². The highest BCUT2D eigenvalue weighted by atomic mass is 32.2. The minimum atomic E-state index is -1.16. The zero-order valence-corrected chi connectivity index (χ0v) is 12.6. The molecule has 0 saturated carbocycles. The molecule has 0 amide bonds. The fourth-order valence-electron chi connectivity index (χ4n) is 2.52. The molecule has 21 heavy (non-hydrogen) atoms. The average molecular weight is 312 g/mol. The van der Waals surface area contributed by atoms with Gasteiger partial charge in [0.05, 0.1) is 16.7 Å². The maximum absolute atomic E-state index is 14.0. The Balaban J connectivity index is 2.25. The summed E-state index contributed by atoms with van der Waals surface area (Å²) in [7, 11) is 0. The Morgan fingerprint density at radius 3 is 2.48 bits per heavy atom. The number of hydrogen-bond acceptors (Lipinski definition) is 6. The number of aliphatic hydroxyl groups is 1. The van der Waals surface area contributed by atoms with Crippen LogP contribution in [0.15, 0.2) is 5.16 Å². The molecule has 0 aliphatic carbocycles. The van der Waals surface area contributed by atoms with E-state index in [1.165, 1.54) is 11.8 Å². The number of β-amino-alcohol motifs (C(OH)–C–C–N with tert-alkyl or cyclic N) is 1. The molecular weight excluding hydrogens is 298 g/mol. The van der Waals surface area contributed by atoms with Gasteiger partial charge in [-0.05, 0) is 20.1 Å². The average Bonchev–Trinajstić information content (AvgIpc) is 2.40. The van der Waals surface area contributed by atoms with Gasteiger partial charge >= 0.3 is 0 Å². The number of nitrogens with zero attached hydrogens (tertiary/aromatic N) is 4. The van der Waals surface area contributed by atoms with E-state index in [2.05, 4.69) is 15.0 Å². The van der Waals surface area contributed by atoms with Gasteiger partial charge in [-0.2, -0.15) is 8.78 Å². The SMILES string of the molecule is CSc1nc(N2CC(C)(O)C2)c2c(C)nc(F)c(F)c2n1. The van der Waals surface area contributed by atoms with Gasteiger partial charge in [-0.1, -0.05) is 11.8 Å². The van der Waals surface area contributed by atoms with Crippen molar-refractivity contribution < 1.29 is 13.9 Å². The standard InChI is InChI=1S/C13H14F2N4OS/c1-6-7-9(8(14)10(15)16-6)17-12(21-3)18-11(7)19-4-13(2,20)5-19/h20H,4-5H2,1-3H3. The van der Waals surface area contributed by atoms with Crippen molar-refractivity contribution in [3.05, 3.63) is 17.5 Å². The monoisotopic (exact) mass is 312 g/mol. The lowest BCUT2D eigenvalue weighted by atomic mass is 9.96. The molecule has 1 saturated heterocycles. The second-order valence-electron chi connectivity index (χ2n) is 5.41. The number of pyridine rings is 1. The van der Waals surface area contributed by atoms with Crippen molar-refractivity contribution in [3.63, 3.8) is 0 Å². The van der Waals surface area contributed by atoms with E-state index in [9.17, 15) is 13.9 Å². The Bertz CT molecular complexity index is 730. The Morgan fingerprint density at radius 2 is 1.90 bits per heavy atom. The molecule has 0 unspecified atom stereocenters. The quantitative estimate of drug-likeness (QED) is 0.519. The lowest BCUT2D eigenvalue weighted by molar-refractivity contribution is 0.0306. The van der Waals surface area contributed by atoms with Gasteiger partial charge in [0.2, 0.25) is 5.82 Å². The Hall–Kier alpha value is -1.54. The lowest BCUT2D eigenvalue weighted by Crippen LogP contribution is -2.60. The molecule has 3 rings (SSSR count). The van der Waals surface area contributed by atoms with Crippen LogP contribution in [0, 0.1) is 18.7 Å². The molecule has 1 fully saturated rings. The van der Waals surface area contributed by atoms with Crippen molar-refractivity contribution in [2.75, 3.05) is 24.2 Å². The summed E-state index contributed by atoms with van der Waals surface area (Å²) in [6.45, 7) is 4.07. The maximum atomic E-state index is 14.0. The molecular formula is C13H14F2N4OS. The molecule has 8 heteroatoms. The largest absolute Gasteiger partial charge is 0.386 e. The maximum Gasteiger partial charge on any atom is 0.251 e. The molecule has 5 nitrogen and oxygen atoms in total. The van der Waals surface area contributed by atoms with Crippen LogP contribution in [0.25, 0.3) is 10.9 Å². The summed E-state index contributed by atoms with van der Waals surface area (Å²) in [4.78, 5) is 13.8. The van der Waals surface area contributed by atoms with Crippen molar-refractivity contribution in [1.29, 1.82) is 0 Å². The number of anilines is 1. The molecule has 2 aromatic heterocycles. The number of fused-ring (bicyclic) bond motifs is 1. The normalized spacial score (nSPS) is 17.1. The first-order chi connectivity index (χ1) is 9.82. The van der Waals surface area contributed by atoms with Crippen LogP contribution in [0.5, 0.6) is 0 Å². The summed E-state index contributed by atoms with van der Waals surface area (Å²) >= 11 is 1.25. The number of hydrogen-bond donors (Lipinski definition) is 1. The zero-order chi connectivity index (χ0) is 15.4. The van der Waals surface area contributed by atoms with Crippen LogP contribution in [0.1, 0.15) is 12.6 Å². The van der Waals surface area contributed by atoms with Crippen LogP contribution in [0.2, 0.25) is 0 Å². The van der Waals surface area contributed by atoms with E-state index >= 15 is 0 Å². The topological polar surface area (TPSA) is 62.1 Å². The molecule has 0 spiro atoms. The van der Waals surface area contributed by atoms with Crippen molar-refractivity contribution in [1.82, 2.24) is 15.0 Å². The van der Waals surface area contributed by atoms with Crippen LogP contribution >= 0.6 is 11.8 Å². The van der Waals surface area contributed by atoms with E-state index in [-0.39, 0.29) is 5.52 Å². The summed E-state index contributed by atoms with van der Waals surface area (Å²) in [5, 5.41) is 10.6. The molecule has 1 N–H and O–H groups in total. The molecule has 1 aliphatic rings. The molecule has 2 aromatic rings. The van der Waals surface area contributed by atoms with Crippen LogP contribution < -0.4 is 4.90 Å². The summed E-state index contributed by atoms with van der Waals surface area (Å²) in [6, 6.07) is 0. The molecule has 3 heterocycles. The predicted octanol–water partition coefficient (Wildman–Crippen LogP) is 1.90. The summed E-state index contributed by atoms with van der Waals surface area (Å²) in [5.74, 6) is -1.74. The van der Waals surface area contributed by atoms with E-state index in [0.717, 1.165) is 0 Å². The highest BCUT2D eigenvalue weighted by Crippen LogP contribution is 2.35. The van der Waals surface area contributed by atoms with Gasteiger partial charge in [0.15, 0.2) is 5.16 Å². The first-order valence-electron chi connectivity index (χ1n) is 6.37. The number of rotatable bonds is 2. The molecule has 0 atom stereocenters. The molecule has 112 valence electrons. The molecule has 1 aliphatic heterocycles. The van der Waals surface area contributed by atoms with Gasteiger partial charge < -0.3 is 10.0 Å². The van der Waals surface area contributed by atoms with Crippen LogP contribution in [0.3, 0.4) is 0 Å². The van der Waals surface area contributed by atoms with Gasteiger partial charge in [0.25, 0.3) is 5.95 Å². The van der Waals surface area contributed by atoms with Gasteiger partial charge in [-0.15, -0.1) is 0 Å². The van der Waals surface area contributed by atoms with Crippen LogP contribution in [0.4, 0.5) is 14.6 Å². The van der Waals surface area contributed by atoms with E-state index in [0.29, 0.717) is 35.1 Å². The minimum Gasteiger partial charge on any atom is -0.386 e. The second-order valence-corrected chi connectivity index (χ2v) is 6.19. The highest BCUT2D eigenvalue weighted by molar-refractivity contribution is 7.98. The number of halogens is 2. The van der Waals surface area contributed by atoms with Crippen LogP contribution in [-0.2, 0) is 0 Å². The summed E-state index contributed by atoms with van der Waals surface area (Å²) in [6.07, 6.45) is 1.76. The van der Waals surface area contributed by atoms with Gasteiger partial charge in [-0.3, -0.25) is 0 Å². The Kier molecular flexibility index (Phi) is 3.25. The minimum absolute atomic E-state index is 0.0686. The number of aryl methyl sites for hydroxylation is 1. The fraction of sp³-hybridized carbons (Fsp3) is 0.462. The van der Waals surface area contributed by atoms with Gasteiger partial charge in [-0.25, -0.2) is 15.0 Å². The van der Waals surface area contributed by atoms with E-state index in [4.69, 9.17) is 0 Å². The number of aromatic nitrogens is 3. The third-order valence-corrected chi connectivity index (χ3v) is 3.98. The summed E-state index contributed by atoms with van der Waals surface area (Å²) < 4.78 is 27.5. The highest BCUT2D eigenvalue weighted by Gasteiger charge is 2.38.